The van der Waals surface area contributed by atoms with E-state index >= 15 is 0 Å². The molecule has 0 spiro atoms. The van der Waals surface area contributed by atoms with E-state index in [1.807, 2.05) is 11.4 Å². The minimum Gasteiger partial charge on any atom is -0.348 e. The Labute approximate surface area is 136 Å². The lowest BCUT2D eigenvalue weighted by Gasteiger charge is -2.32. The zero-order valence-corrected chi connectivity index (χ0v) is 14.8. The van der Waals surface area contributed by atoms with Crippen molar-refractivity contribution in [1.29, 1.82) is 0 Å². The van der Waals surface area contributed by atoms with E-state index in [1.54, 1.807) is 0 Å². The summed E-state index contributed by atoms with van der Waals surface area (Å²) >= 11 is 3.69. The Bertz CT molecular complexity index is 585. The maximum absolute atomic E-state index is 12.2. The van der Waals surface area contributed by atoms with Crippen molar-refractivity contribution in [3.63, 3.8) is 0 Å². The second kappa shape index (κ2) is 6.71. The molecule has 1 aromatic rings. The highest BCUT2D eigenvalue weighted by atomic mass is 127. The van der Waals surface area contributed by atoms with Gasteiger partial charge in [0.25, 0.3) is 5.91 Å². The summed E-state index contributed by atoms with van der Waals surface area (Å²) < 4.78 is 26.4. The van der Waals surface area contributed by atoms with Crippen LogP contribution in [0.15, 0.2) is 11.4 Å². The molecule has 1 aliphatic carbocycles. The molecule has 1 saturated carbocycles. The van der Waals surface area contributed by atoms with E-state index in [2.05, 4.69) is 32.6 Å². The molecule has 1 amide bonds. The third-order valence-electron chi connectivity index (χ3n) is 3.28. The smallest absolute Gasteiger partial charge is 0.252 e. The van der Waals surface area contributed by atoms with Crippen LogP contribution in [0.1, 0.15) is 36.0 Å². The Morgan fingerprint density at radius 2 is 2.00 bits per heavy atom. The van der Waals surface area contributed by atoms with E-state index in [0.717, 1.165) is 34.8 Å². The number of carbonyl (C=O) groups excluding carboxylic acids is 1. The number of carbonyl (C=O) groups is 1. The molecule has 20 heavy (non-hydrogen) atoms. The van der Waals surface area contributed by atoms with Crippen LogP contribution in [0.25, 0.3) is 0 Å². The van der Waals surface area contributed by atoms with Gasteiger partial charge in [-0.1, -0.05) is 12.8 Å². The maximum Gasteiger partial charge on any atom is 0.252 e. The molecule has 2 rings (SSSR count). The third kappa shape index (κ3) is 4.68. The maximum atomic E-state index is 12.2. The summed E-state index contributed by atoms with van der Waals surface area (Å²) in [6.07, 6.45) is 4.71. The van der Waals surface area contributed by atoms with Gasteiger partial charge in [-0.3, -0.25) is 4.79 Å². The summed E-state index contributed by atoms with van der Waals surface area (Å²) in [5, 5.41) is 4.78. The average molecular weight is 428 g/mol. The Morgan fingerprint density at radius 1 is 1.35 bits per heavy atom. The van der Waals surface area contributed by atoms with E-state index in [9.17, 15) is 13.2 Å². The van der Waals surface area contributed by atoms with Gasteiger partial charge in [0, 0.05) is 17.5 Å². The first-order valence-corrected chi connectivity index (χ1v) is 10.2. The molecule has 112 valence electrons. The Hall–Kier alpha value is -0.190. The summed E-state index contributed by atoms with van der Waals surface area (Å²) in [4.78, 5) is 12.2. The fraction of sp³-hybridized carbons (Fsp3) is 0.583. The zero-order chi connectivity index (χ0) is 14.8. The highest BCUT2D eigenvalue weighted by Crippen LogP contribution is 2.21. The van der Waals surface area contributed by atoms with Crippen molar-refractivity contribution in [3.8, 4) is 0 Å². The first kappa shape index (κ1) is 16.2. The van der Waals surface area contributed by atoms with Gasteiger partial charge < -0.3 is 5.32 Å². The number of rotatable bonds is 4. The highest BCUT2D eigenvalue weighted by molar-refractivity contribution is 14.1. The average Bonchev–Trinajstić information content (AvgIpc) is 2.77. The fourth-order valence-electron chi connectivity index (χ4n) is 2.40. The summed E-state index contributed by atoms with van der Waals surface area (Å²) in [6.45, 7) is 0. The van der Waals surface area contributed by atoms with Crippen LogP contribution in [0.3, 0.4) is 0 Å². The quantitative estimate of drug-likeness (QED) is 0.720. The summed E-state index contributed by atoms with van der Waals surface area (Å²) in [6, 6.07) is 1.49. The highest BCUT2D eigenvalue weighted by Gasteiger charge is 2.28. The number of nitrogens with one attached hydrogen (secondary N) is 2. The van der Waals surface area contributed by atoms with Crippen LogP contribution in [-0.4, -0.2) is 32.7 Å². The van der Waals surface area contributed by atoms with Crippen molar-refractivity contribution in [2.24, 2.45) is 0 Å². The lowest BCUT2D eigenvalue weighted by Crippen LogP contribution is -2.52. The molecule has 0 unspecified atom stereocenters. The van der Waals surface area contributed by atoms with Gasteiger partial charge in [0.2, 0.25) is 10.0 Å². The topological polar surface area (TPSA) is 75.3 Å². The van der Waals surface area contributed by atoms with Crippen LogP contribution < -0.4 is 10.0 Å². The second-order valence-electron chi connectivity index (χ2n) is 5.00. The molecule has 2 atom stereocenters. The van der Waals surface area contributed by atoms with Crippen LogP contribution in [-0.2, 0) is 10.0 Å². The molecule has 5 nitrogen and oxygen atoms in total. The van der Waals surface area contributed by atoms with Crippen LogP contribution in [0, 0.1) is 2.88 Å². The molecule has 1 aromatic heterocycles. The number of sulfonamides is 1. The normalized spacial score (nSPS) is 23.5. The van der Waals surface area contributed by atoms with Crippen molar-refractivity contribution in [2.75, 3.05) is 6.26 Å². The minimum atomic E-state index is -3.25. The van der Waals surface area contributed by atoms with E-state index in [4.69, 9.17) is 0 Å². The zero-order valence-electron chi connectivity index (χ0n) is 11.1. The molecule has 1 heterocycles. The van der Waals surface area contributed by atoms with Gasteiger partial charge >= 0.3 is 0 Å². The first-order chi connectivity index (χ1) is 9.35. The summed E-state index contributed by atoms with van der Waals surface area (Å²) in [7, 11) is -3.25. The van der Waals surface area contributed by atoms with Crippen molar-refractivity contribution >= 4 is 49.9 Å². The molecular weight excluding hydrogens is 411 g/mol. The van der Waals surface area contributed by atoms with Crippen LogP contribution >= 0.6 is 33.9 Å². The Kier molecular flexibility index (Phi) is 5.43. The number of amides is 1. The van der Waals surface area contributed by atoms with Crippen molar-refractivity contribution in [2.45, 2.75) is 37.8 Å². The molecule has 2 N–H and O–H groups in total. The Morgan fingerprint density at radius 3 is 2.55 bits per heavy atom. The third-order valence-corrected chi connectivity index (χ3v) is 5.80. The lowest BCUT2D eigenvalue weighted by molar-refractivity contribution is 0.0919. The molecule has 1 aliphatic rings. The second-order valence-corrected chi connectivity index (χ2v) is 9.59. The van der Waals surface area contributed by atoms with Crippen LogP contribution in [0.4, 0.5) is 0 Å². The van der Waals surface area contributed by atoms with E-state index in [1.165, 1.54) is 11.3 Å². The SMILES string of the molecule is CS(=O)(=O)N[C@H]1CCCC[C@H]1NC(=O)c1csc(I)c1. The number of thiophene rings is 1. The van der Waals surface area contributed by atoms with Crippen LogP contribution in [0.5, 0.6) is 0 Å². The molecule has 8 heteroatoms. The number of halogens is 1. The number of hydrogen-bond acceptors (Lipinski definition) is 4. The van der Waals surface area contributed by atoms with E-state index < -0.39 is 10.0 Å². The van der Waals surface area contributed by atoms with Gasteiger partial charge in [-0.2, -0.15) is 0 Å². The van der Waals surface area contributed by atoms with Crippen molar-refractivity contribution in [1.82, 2.24) is 10.0 Å². The van der Waals surface area contributed by atoms with Gasteiger partial charge in [0.05, 0.1) is 14.7 Å². The van der Waals surface area contributed by atoms with E-state index in [-0.39, 0.29) is 18.0 Å². The predicted octanol–water partition coefficient (Wildman–Crippen LogP) is 1.94. The fourth-order valence-corrected chi connectivity index (χ4v) is 4.56. The molecule has 0 aliphatic heterocycles. The Balaban J connectivity index is 2.03. The van der Waals surface area contributed by atoms with Gasteiger partial charge in [-0.25, -0.2) is 13.1 Å². The van der Waals surface area contributed by atoms with Gasteiger partial charge in [0.15, 0.2) is 0 Å². The van der Waals surface area contributed by atoms with Gasteiger partial charge in [-0.15, -0.1) is 11.3 Å². The van der Waals surface area contributed by atoms with Crippen molar-refractivity contribution in [3.05, 3.63) is 19.9 Å². The number of hydrogen-bond donors (Lipinski definition) is 2. The van der Waals surface area contributed by atoms with Gasteiger partial charge in [-0.05, 0) is 41.5 Å². The molecule has 0 saturated heterocycles. The molecule has 0 aromatic carbocycles. The molecule has 0 radical (unpaired) electrons. The minimum absolute atomic E-state index is 0.128. The monoisotopic (exact) mass is 428 g/mol. The summed E-state index contributed by atoms with van der Waals surface area (Å²) in [5.41, 5.74) is 0.642. The lowest BCUT2D eigenvalue weighted by atomic mass is 9.91. The predicted molar refractivity (Wildman–Crippen MR) is 88.5 cm³/mol. The van der Waals surface area contributed by atoms with Crippen molar-refractivity contribution < 1.29 is 13.2 Å². The van der Waals surface area contributed by atoms with Crippen LogP contribution in [0.2, 0.25) is 0 Å². The van der Waals surface area contributed by atoms with E-state index in [0.29, 0.717) is 5.56 Å². The summed E-state index contributed by atoms with van der Waals surface area (Å²) in [5.74, 6) is -0.128. The molecular formula is C12H17IN2O3S2. The van der Waals surface area contributed by atoms with Gasteiger partial charge in [0.1, 0.15) is 0 Å². The molecule has 1 fully saturated rings. The standard InChI is InChI=1S/C12H17IN2O3S2/c1-20(17,18)15-10-5-3-2-4-9(10)14-12(16)8-6-11(13)19-7-8/h6-7,9-10,15H,2-5H2,1H3,(H,14,16)/t9-,10+/m1/s1. The first-order valence-electron chi connectivity index (χ1n) is 6.37. The largest absolute Gasteiger partial charge is 0.348 e. The molecule has 0 bridgehead atoms.